The number of nitrogens with zero attached hydrogens (tertiary/aromatic N) is 1. The van der Waals surface area contributed by atoms with Crippen LogP contribution >= 0.6 is 0 Å². The molecule has 0 spiro atoms. The van der Waals surface area contributed by atoms with Crippen LogP contribution in [0.3, 0.4) is 0 Å². The minimum atomic E-state index is -0.406. The van der Waals surface area contributed by atoms with Gasteiger partial charge in [-0.05, 0) is 18.2 Å². The second kappa shape index (κ2) is 5.12. The quantitative estimate of drug-likeness (QED) is 0.820. The Morgan fingerprint density at radius 2 is 2.00 bits per heavy atom. The van der Waals surface area contributed by atoms with Crippen molar-refractivity contribution < 1.29 is 9.53 Å². The molecule has 4 heteroatoms. The van der Waals surface area contributed by atoms with Crippen LogP contribution in [0.25, 0.3) is 0 Å². The lowest BCUT2D eigenvalue weighted by Crippen LogP contribution is -2.06. The molecule has 17 heavy (non-hydrogen) atoms. The van der Waals surface area contributed by atoms with E-state index < -0.39 is 5.97 Å². The fraction of sp³-hybridized carbons (Fsp3) is 0.0769. The highest BCUT2D eigenvalue weighted by Gasteiger charge is 2.11. The predicted molar refractivity (Wildman–Crippen MR) is 65.3 cm³/mol. The van der Waals surface area contributed by atoms with E-state index in [0.29, 0.717) is 11.3 Å². The summed E-state index contributed by atoms with van der Waals surface area (Å²) in [5.41, 5.74) is 2.00. The van der Waals surface area contributed by atoms with E-state index in [9.17, 15) is 4.79 Å². The molecule has 0 saturated carbocycles. The molecule has 0 aliphatic heterocycles. The van der Waals surface area contributed by atoms with Crippen LogP contribution in [0.5, 0.6) is 0 Å². The predicted octanol–water partition coefficient (Wildman–Crippen LogP) is 2.61. The number of carbonyl (C=O) groups excluding carboxylic acids is 1. The third-order valence-corrected chi connectivity index (χ3v) is 2.28. The minimum Gasteiger partial charge on any atom is -0.465 e. The summed E-state index contributed by atoms with van der Waals surface area (Å²) in [6.07, 6.45) is 3.11. The Morgan fingerprint density at radius 3 is 2.71 bits per heavy atom. The van der Waals surface area contributed by atoms with E-state index in [1.807, 2.05) is 30.3 Å². The first-order chi connectivity index (χ1) is 8.31. The van der Waals surface area contributed by atoms with Gasteiger partial charge >= 0.3 is 5.97 Å². The van der Waals surface area contributed by atoms with Crippen molar-refractivity contribution in [3.05, 3.63) is 54.4 Å². The number of pyridine rings is 1. The highest BCUT2D eigenvalue weighted by molar-refractivity contribution is 5.96. The van der Waals surface area contributed by atoms with Gasteiger partial charge in [0.15, 0.2) is 0 Å². The second-order valence-electron chi connectivity index (χ2n) is 3.40. The van der Waals surface area contributed by atoms with Crippen molar-refractivity contribution >= 4 is 17.3 Å². The molecule has 0 atom stereocenters. The topological polar surface area (TPSA) is 51.2 Å². The maximum Gasteiger partial charge on any atom is 0.341 e. The highest BCUT2D eigenvalue weighted by atomic mass is 16.5. The largest absolute Gasteiger partial charge is 0.465 e. The van der Waals surface area contributed by atoms with Gasteiger partial charge in [0.2, 0.25) is 0 Å². The average molecular weight is 228 g/mol. The summed E-state index contributed by atoms with van der Waals surface area (Å²) >= 11 is 0. The maximum absolute atomic E-state index is 11.5. The number of ether oxygens (including phenoxy) is 1. The van der Waals surface area contributed by atoms with Gasteiger partial charge in [0.1, 0.15) is 5.56 Å². The van der Waals surface area contributed by atoms with Crippen LogP contribution in [0.1, 0.15) is 10.4 Å². The number of rotatable bonds is 3. The van der Waals surface area contributed by atoms with E-state index in [2.05, 4.69) is 10.3 Å². The first-order valence-electron chi connectivity index (χ1n) is 5.15. The van der Waals surface area contributed by atoms with Crippen LogP contribution in [0.4, 0.5) is 11.4 Å². The standard InChI is InChI=1S/C13H12N2O2/c1-17-13(16)11-9-14-8-7-12(11)15-10-5-3-2-4-6-10/h2-9H,1H3,(H,14,15). The van der Waals surface area contributed by atoms with Crippen molar-refractivity contribution in [2.45, 2.75) is 0 Å². The fourth-order valence-corrected chi connectivity index (χ4v) is 1.45. The van der Waals surface area contributed by atoms with Gasteiger partial charge in [-0.25, -0.2) is 4.79 Å². The van der Waals surface area contributed by atoms with Gasteiger partial charge in [0.25, 0.3) is 0 Å². The Hall–Kier alpha value is -2.36. The van der Waals surface area contributed by atoms with Crippen molar-refractivity contribution in [2.75, 3.05) is 12.4 Å². The summed E-state index contributed by atoms with van der Waals surface area (Å²) < 4.78 is 4.70. The number of methoxy groups -OCH3 is 1. The SMILES string of the molecule is COC(=O)c1cnccc1Nc1ccccc1. The number of esters is 1. The molecule has 0 fully saturated rings. The van der Waals surface area contributed by atoms with Crippen molar-refractivity contribution in [2.24, 2.45) is 0 Å². The summed E-state index contributed by atoms with van der Waals surface area (Å²) in [6.45, 7) is 0. The Balaban J connectivity index is 2.30. The van der Waals surface area contributed by atoms with Crippen molar-refractivity contribution in [1.82, 2.24) is 4.98 Å². The molecule has 0 aliphatic rings. The number of aromatic nitrogens is 1. The number of hydrogen-bond donors (Lipinski definition) is 1. The first kappa shape index (κ1) is 11.1. The molecule has 1 N–H and O–H groups in total. The number of para-hydroxylation sites is 1. The monoisotopic (exact) mass is 228 g/mol. The molecule has 1 aromatic carbocycles. The van der Waals surface area contributed by atoms with Crippen LogP contribution in [-0.2, 0) is 4.74 Å². The molecule has 86 valence electrons. The summed E-state index contributed by atoms with van der Waals surface area (Å²) in [6, 6.07) is 11.3. The van der Waals surface area contributed by atoms with Gasteiger partial charge in [-0.1, -0.05) is 18.2 Å². The summed E-state index contributed by atoms with van der Waals surface area (Å²) in [5, 5.41) is 3.15. The lowest BCUT2D eigenvalue weighted by molar-refractivity contribution is 0.0601. The van der Waals surface area contributed by atoms with Crippen molar-refractivity contribution in [1.29, 1.82) is 0 Å². The first-order valence-corrected chi connectivity index (χ1v) is 5.15. The van der Waals surface area contributed by atoms with Crippen molar-refractivity contribution in [3.63, 3.8) is 0 Å². The molecule has 0 saturated heterocycles. The Labute approximate surface area is 99.3 Å². The zero-order valence-electron chi connectivity index (χ0n) is 9.38. The molecule has 0 bridgehead atoms. The lowest BCUT2D eigenvalue weighted by atomic mass is 10.2. The third-order valence-electron chi connectivity index (χ3n) is 2.28. The van der Waals surface area contributed by atoms with Crippen LogP contribution < -0.4 is 5.32 Å². The average Bonchev–Trinajstić information content (AvgIpc) is 2.40. The zero-order valence-corrected chi connectivity index (χ0v) is 9.38. The molecule has 1 heterocycles. The van der Waals surface area contributed by atoms with Gasteiger partial charge < -0.3 is 10.1 Å². The van der Waals surface area contributed by atoms with Gasteiger partial charge in [-0.2, -0.15) is 0 Å². The van der Waals surface area contributed by atoms with E-state index in [4.69, 9.17) is 4.74 Å². The highest BCUT2D eigenvalue weighted by Crippen LogP contribution is 2.20. The lowest BCUT2D eigenvalue weighted by Gasteiger charge is -2.09. The molecule has 0 radical (unpaired) electrons. The summed E-state index contributed by atoms with van der Waals surface area (Å²) in [7, 11) is 1.35. The normalized spacial score (nSPS) is 9.71. The van der Waals surface area contributed by atoms with E-state index >= 15 is 0 Å². The molecule has 0 amide bonds. The maximum atomic E-state index is 11.5. The summed E-state index contributed by atoms with van der Waals surface area (Å²) in [4.78, 5) is 15.4. The molecule has 0 aliphatic carbocycles. The molecule has 4 nitrogen and oxygen atoms in total. The minimum absolute atomic E-state index is 0.406. The molecule has 2 aromatic rings. The van der Waals surface area contributed by atoms with E-state index in [0.717, 1.165) is 5.69 Å². The van der Waals surface area contributed by atoms with E-state index in [-0.39, 0.29) is 0 Å². The molecular weight excluding hydrogens is 216 g/mol. The van der Waals surface area contributed by atoms with Crippen molar-refractivity contribution in [3.8, 4) is 0 Å². The number of carbonyl (C=O) groups is 1. The third kappa shape index (κ3) is 2.60. The second-order valence-corrected chi connectivity index (χ2v) is 3.40. The Morgan fingerprint density at radius 1 is 1.24 bits per heavy atom. The Kier molecular flexibility index (Phi) is 3.35. The van der Waals surface area contributed by atoms with Crippen LogP contribution in [0, 0.1) is 0 Å². The van der Waals surface area contributed by atoms with Crippen LogP contribution in [0.2, 0.25) is 0 Å². The van der Waals surface area contributed by atoms with Gasteiger partial charge in [0.05, 0.1) is 12.8 Å². The number of hydrogen-bond acceptors (Lipinski definition) is 4. The molecule has 0 unspecified atom stereocenters. The summed E-state index contributed by atoms with van der Waals surface area (Å²) in [5.74, 6) is -0.406. The smallest absolute Gasteiger partial charge is 0.341 e. The van der Waals surface area contributed by atoms with E-state index in [1.54, 1.807) is 12.3 Å². The molecule has 2 rings (SSSR count). The van der Waals surface area contributed by atoms with Crippen LogP contribution in [-0.4, -0.2) is 18.1 Å². The van der Waals surface area contributed by atoms with E-state index in [1.165, 1.54) is 13.3 Å². The molecular formula is C13H12N2O2. The number of anilines is 2. The van der Waals surface area contributed by atoms with Crippen LogP contribution in [0.15, 0.2) is 48.8 Å². The van der Waals surface area contributed by atoms with Gasteiger partial charge in [-0.15, -0.1) is 0 Å². The van der Waals surface area contributed by atoms with Gasteiger partial charge in [-0.3, -0.25) is 4.98 Å². The zero-order chi connectivity index (χ0) is 12.1. The fourth-order valence-electron chi connectivity index (χ4n) is 1.45. The Bertz CT molecular complexity index is 512. The molecule has 1 aromatic heterocycles. The number of benzene rings is 1. The van der Waals surface area contributed by atoms with Gasteiger partial charge in [0, 0.05) is 18.1 Å². The number of nitrogens with one attached hydrogen (secondary N) is 1.